The van der Waals surface area contributed by atoms with E-state index in [0.717, 1.165) is 0 Å². The van der Waals surface area contributed by atoms with E-state index < -0.39 is 18.0 Å². The van der Waals surface area contributed by atoms with Crippen LogP contribution in [-0.4, -0.2) is 40.4 Å². The summed E-state index contributed by atoms with van der Waals surface area (Å²) in [4.78, 5) is 0. The Kier molecular flexibility index (Phi) is 2.36. The summed E-state index contributed by atoms with van der Waals surface area (Å²) in [6, 6.07) is 0. The van der Waals surface area contributed by atoms with Crippen molar-refractivity contribution in [2.75, 3.05) is 7.11 Å². The molecule has 0 aliphatic carbocycles. The van der Waals surface area contributed by atoms with E-state index in [1.165, 1.54) is 7.11 Å². The summed E-state index contributed by atoms with van der Waals surface area (Å²) >= 11 is 0. The lowest BCUT2D eigenvalue weighted by molar-refractivity contribution is -0.330. The molecule has 0 aromatic heterocycles. The average Bonchev–Trinajstić information content (AvgIpc) is 2.32. The number of hydrazine groups is 1. The molecular weight excluding hydrogens is 166 g/mol. The number of rotatable bonds is 2. The first kappa shape index (κ1) is 9.81. The molecule has 1 aliphatic heterocycles. The van der Waals surface area contributed by atoms with E-state index >= 15 is 0 Å². The first-order chi connectivity index (χ1) is 5.37. The fourth-order valence-corrected chi connectivity index (χ4v) is 0.861. The first-order valence-electron chi connectivity index (χ1n) is 3.40. The molecule has 7 nitrogen and oxygen atoms in total. The Hall–Kier alpha value is -0.280. The van der Waals surface area contributed by atoms with Crippen LogP contribution in [0.4, 0.5) is 0 Å². The van der Waals surface area contributed by atoms with Gasteiger partial charge in [0.25, 0.3) is 0 Å². The van der Waals surface area contributed by atoms with Crippen molar-refractivity contribution in [2.24, 2.45) is 0 Å². The topological polar surface area (TPSA) is 106 Å². The van der Waals surface area contributed by atoms with Crippen molar-refractivity contribution in [1.82, 2.24) is 16.2 Å². The van der Waals surface area contributed by atoms with Crippen LogP contribution in [-0.2, 0) is 4.74 Å². The number of hydrogen-bond acceptors (Lipinski definition) is 7. The van der Waals surface area contributed by atoms with Gasteiger partial charge in [0, 0.05) is 7.11 Å². The standard InChI is InChI=1S/C5H13N3O4/c1-4(12-2)6-3(7-8-4)5(9,10)11/h3,6-11H,1-2H3. The number of nitrogens with one attached hydrogen (secondary N) is 3. The predicted octanol–water partition coefficient (Wildman–Crippen LogP) is -3.04. The summed E-state index contributed by atoms with van der Waals surface area (Å²) in [7, 11) is 1.43. The van der Waals surface area contributed by atoms with Crippen LogP contribution >= 0.6 is 0 Å². The first-order valence-corrected chi connectivity index (χ1v) is 3.40. The Bertz CT molecular complexity index is 171. The van der Waals surface area contributed by atoms with Gasteiger partial charge in [-0.25, -0.2) is 10.9 Å². The third kappa shape index (κ3) is 1.90. The van der Waals surface area contributed by atoms with Crippen molar-refractivity contribution >= 4 is 0 Å². The molecule has 1 fully saturated rings. The van der Waals surface area contributed by atoms with E-state index in [0.29, 0.717) is 0 Å². The summed E-state index contributed by atoms with van der Waals surface area (Å²) in [6.07, 6.45) is -1.11. The Labute approximate surface area is 69.3 Å². The lowest BCUT2D eigenvalue weighted by Crippen LogP contribution is -2.56. The third-order valence-corrected chi connectivity index (χ3v) is 1.67. The molecular formula is C5H13N3O4. The van der Waals surface area contributed by atoms with Crippen molar-refractivity contribution in [2.45, 2.75) is 24.9 Å². The van der Waals surface area contributed by atoms with Crippen molar-refractivity contribution in [3.63, 3.8) is 0 Å². The van der Waals surface area contributed by atoms with Gasteiger partial charge in [-0.3, -0.25) is 5.32 Å². The van der Waals surface area contributed by atoms with E-state index in [1.807, 2.05) is 0 Å². The molecule has 6 N–H and O–H groups in total. The molecule has 7 heteroatoms. The molecule has 2 unspecified atom stereocenters. The zero-order valence-electron chi connectivity index (χ0n) is 6.83. The summed E-state index contributed by atoms with van der Waals surface area (Å²) < 4.78 is 4.91. The lowest BCUT2D eigenvalue weighted by Gasteiger charge is -2.24. The second-order valence-electron chi connectivity index (χ2n) is 2.77. The van der Waals surface area contributed by atoms with E-state index in [-0.39, 0.29) is 0 Å². The van der Waals surface area contributed by atoms with Crippen LogP contribution < -0.4 is 16.2 Å². The average molecular weight is 179 g/mol. The molecule has 72 valence electrons. The van der Waals surface area contributed by atoms with E-state index in [2.05, 4.69) is 16.2 Å². The van der Waals surface area contributed by atoms with Gasteiger partial charge >= 0.3 is 5.97 Å². The Morgan fingerprint density at radius 1 is 1.42 bits per heavy atom. The van der Waals surface area contributed by atoms with E-state index in [9.17, 15) is 0 Å². The normalized spacial score (nSPS) is 37.2. The Balaban J connectivity index is 2.57. The molecule has 1 heterocycles. The molecule has 0 radical (unpaired) electrons. The highest BCUT2D eigenvalue weighted by Crippen LogP contribution is 2.10. The van der Waals surface area contributed by atoms with Crippen molar-refractivity contribution in [1.29, 1.82) is 0 Å². The van der Waals surface area contributed by atoms with Gasteiger partial charge in [0.1, 0.15) is 0 Å². The monoisotopic (exact) mass is 179 g/mol. The molecule has 1 saturated heterocycles. The number of ether oxygens (including phenoxy) is 1. The molecule has 0 aromatic rings. The SMILES string of the molecule is COC1(C)NNC(C(O)(O)O)N1. The number of methoxy groups -OCH3 is 1. The molecule has 1 aliphatic rings. The van der Waals surface area contributed by atoms with E-state index in [4.69, 9.17) is 20.1 Å². The van der Waals surface area contributed by atoms with Gasteiger partial charge in [0.05, 0.1) is 0 Å². The van der Waals surface area contributed by atoms with Crippen molar-refractivity contribution in [3.8, 4) is 0 Å². The summed E-state index contributed by atoms with van der Waals surface area (Å²) in [5, 5.41) is 28.8. The molecule has 0 spiro atoms. The van der Waals surface area contributed by atoms with Crippen LogP contribution in [0, 0.1) is 0 Å². The minimum atomic E-state index is -2.83. The summed E-state index contributed by atoms with van der Waals surface area (Å²) in [5.41, 5.74) is 4.98. The summed E-state index contributed by atoms with van der Waals surface area (Å²) in [5.74, 6) is -3.76. The van der Waals surface area contributed by atoms with Crippen LogP contribution in [0.25, 0.3) is 0 Å². The summed E-state index contributed by atoms with van der Waals surface area (Å²) in [6.45, 7) is 1.62. The van der Waals surface area contributed by atoms with Gasteiger partial charge < -0.3 is 20.1 Å². The molecule has 0 amide bonds. The van der Waals surface area contributed by atoms with Gasteiger partial charge in [-0.1, -0.05) is 0 Å². The molecule has 0 saturated carbocycles. The number of aliphatic hydroxyl groups is 3. The zero-order valence-corrected chi connectivity index (χ0v) is 6.83. The van der Waals surface area contributed by atoms with Crippen LogP contribution in [0.1, 0.15) is 6.92 Å². The second-order valence-corrected chi connectivity index (χ2v) is 2.77. The van der Waals surface area contributed by atoms with Gasteiger partial charge in [-0.2, -0.15) is 0 Å². The zero-order chi connectivity index (χ0) is 9.41. The largest absolute Gasteiger partial charge is 0.350 e. The van der Waals surface area contributed by atoms with Gasteiger partial charge in [-0.15, -0.1) is 0 Å². The minimum Gasteiger partial charge on any atom is -0.350 e. The molecule has 12 heavy (non-hydrogen) atoms. The third-order valence-electron chi connectivity index (χ3n) is 1.67. The van der Waals surface area contributed by atoms with Gasteiger partial charge in [0.2, 0.25) is 0 Å². The Morgan fingerprint density at radius 3 is 2.25 bits per heavy atom. The van der Waals surface area contributed by atoms with E-state index in [1.54, 1.807) is 6.92 Å². The number of hydrogen-bond donors (Lipinski definition) is 6. The molecule has 0 aromatic carbocycles. The van der Waals surface area contributed by atoms with Crippen LogP contribution in [0.5, 0.6) is 0 Å². The maximum Gasteiger partial charge on any atom is 0.307 e. The fourth-order valence-electron chi connectivity index (χ4n) is 0.861. The quantitative estimate of drug-likeness (QED) is 0.250. The predicted molar refractivity (Wildman–Crippen MR) is 38.0 cm³/mol. The maximum atomic E-state index is 8.74. The highest BCUT2D eigenvalue weighted by molar-refractivity contribution is 4.83. The van der Waals surface area contributed by atoms with Crippen LogP contribution in [0.15, 0.2) is 0 Å². The smallest absolute Gasteiger partial charge is 0.307 e. The van der Waals surface area contributed by atoms with Crippen LogP contribution in [0.3, 0.4) is 0 Å². The Morgan fingerprint density at radius 2 is 2.00 bits per heavy atom. The van der Waals surface area contributed by atoms with Gasteiger partial charge in [-0.05, 0) is 6.92 Å². The van der Waals surface area contributed by atoms with Crippen LogP contribution in [0.2, 0.25) is 0 Å². The molecule has 1 rings (SSSR count). The highest BCUT2D eigenvalue weighted by Gasteiger charge is 2.43. The van der Waals surface area contributed by atoms with Crippen molar-refractivity contribution < 1.29 is 20.1 Å². The maximum absolute atomic E-state index is 8.74. The molecule has 2 atom stereocenters. The fraction of sp³-hybridized carbons (Fsp3) is 1.00. The second kappa shape index (κ2) is 2.89. The molecule has 0 bridgehead atoms. The lowest BCUT2D eigenvalue weighted by atomic mass is 10.4. The highest BCUT2D eigenvalue weighted by atomic mass is 16.7. The van der Waals surface area contributed by atoms with Gasteiger partial charge in [0.15, 0.2) is 12.0 Å². The minimum absolute atomic E-state index is 0.926. The van der Waals surface area contributed by atoms with Crippen molar-refractivity contribution in [3.05, 3.63) is 0 Å².